The van der Waals surface area contributed by atoms with Crippen molar-refractivity contribution in [2.24, 2.45) is 17.1 Å². The van der Waals surface area contributed by atoms with Gasteiger partial charge in [-0.15, -0.1) is 12.4 Å². The van der Waals surface area contributed by atoms with Crippen LogP contribution in [0.1, 0.15) is 33.1 Å². The van der Waals surface area contributed by atoms with Crippen molar-refractivity contribution >= 4 is 12.4 Å². The van der Waals surface area contributed by atoms with Gasteiger partial charge < -0.3 is 5.73 Å². The molecule has 0 aromatic heterocycles. The average molecular weight is 164 g/mol. The van der Waals surface area contributed by atoms with E-state index in [2.05, 4.69) is 13.8 Å². The zero-order chi connectivity index (χ0) is 6.91. The molecule has 2 N–H and O–H groups in total. The molecule has 1 fully saturated rings. The molecule has 1 aliphatic carbocycles. The Morgan fingerprint density at radius 1 is 1.60 bits per heavy atom. The summed E-state index contributed by atoms with van der Waals surface area (Å²) in [6.45, 7) is 5.49. The van der Waals surface area contributed by atoms with Crippen molar-refractivity contribution in [3.05, 3.63) is 0 Å². The molecule has 2 atom stereocenters. The Balaban J connectivity index is 0.000000810. The highest BCUT2D eigenvalue weighted by Crippen LogP contribution is 2.39. The smallest absolute Gasteiger partial charge is 0.00231 e. The Bertz CT molecular complexity index is 105. The van der Waals surface area contributed by atoms with Gasteiger partial charge >= 0.3 is 0 Å². The van der Waals surface area contributed by atoms with Crippen LogP contribution in [0, 0.1) is 11.3 Å². The highest BCUT2D eigenvalue weighted by atomic mass is 35.5. The van der Waals surface area contributed by atoms with Gasteiger partial charge in [0.25, 0.3) is 0 Å². The molecule has 10 heavy (non-hydrogen) atoms. The molecular weight excluding hydrogens is 146 g/mol. The van der Waals surface area contributed by atoms with E-state index in [1.165, 1.54) is 19.3 Å². The van der Waals surface area contributed by atoms with Gasteiger partial charge in [-0.05, 0) is 30.7 Å². The molecule has 0 aromatic carbocycles. The van der Waals surface area contributed by atoms with Gasteiger partial charge in [0.1, 0.15) is 0 Å². The van der Waals surface area contributed by atoms with E-state index >= 15 is 0 Å². The van der Waals surface area contributed by atoms with Crippen LogP contribution in [0.5, 0.6) is 0 Å². The predicted molar refractivity (Wildman–Crippen MR) is 47.4 cm³/mol. The fourth-order valence-corrected chi connectivity index (χ4v) is 1.83. The molecule has 1 rings (SSSR count). The zero-order valence-electron chi connectivity index (χ0n) is 6.89. The minimum absolute atomic E-state index is 0. The molecule has 2 unspecified atom stereocenters. The second-order valence-corrected chi connectivity index (χ2v) is 3.86. The minimum atomic E-state index is 0. The van der Waals surface area contributed by atoms with Crippen LogP contribution in [-0.2, 0) is 0 Å². The largest absolute Gasteiger partial charge is 0.330 e. The van der Waals surface area contributed by atoms with E-state index in [1.807, 2.05) is 0 Å². The number of hydrogen-bond acceptors (Lipinski definition) is 1. The molecule has 0 bridgehead atoms. The highest BCUT2D eigenvalue weighted by Gasteiger charge is 2.31. The number of rotatable bonds is 1. The third-order valence-corrected chi connectivity index (χ3v) is 2.57. The Kier molecular flexibility index (Phi) is 3.68. The van der Waals surface area contributed by atoms with Crippen LogP contribution in [0.4, 0.5) is 0 Å². The summed E-state index contributed by atoms with van der Waals surface area (Å²) in [7, 11) is 0. The maximum Gasteiger partial charge on any atom is -0.00231 e. The van der Waals surface area contributed by atoms with Crippen molar-refractivity contribution < 1.29 is 0 Å². The molecule has 0 amide bonds. The fraction of sp³-hybridized carbons (Fsp3) is 1.00. The molecule has 1 aliphatic rings. The number of nitrogens with two attached hydrogens (primary N) is 1. The average Bonchev–Trinajstić information content (AvgIpc) is 2.13. The topological polar surface area (TPSA) is 26.0 Å². The molecule has 1 nitrogen and oxygen atoms in total. The van der Waals surface area contributed by atoms with E-state index in [0.717, 1.165) is 12.5 Å². The Morgan fingerprint density at radius 2 is 2.20 bits per heavy atom. The van der Waals surface area contributed by atoms with Gasteiger partial charge in [0.05, 0.1) is 0 Å². The van der Waals surface area contributed by atoms with Gasteiger partial charge in [-0.25, -0.2) is 0 Å². The highest BCUT2D eigenvalue weighted by molar-refractivity contribution is 5.85. The maximum absolute atomic E-state index is 5.63. The van der Waals surface area contributed by atoms with Crippen molar-refractivity contribution in [2.75, 3.05) is 6.54 Å². The lowest BCUT2D eigenvalue weighted by Gasteiger charge is -2.20. The summed E-state index contributed by atoms with van der Waals surface area (Å²) < 4.78 is 0. The lowest BCUT2D eigenvalue weighted by molar-refractivity contribution is 0.337. The SMILES string of the molecule is CC1CCC(C)(CN)C1.Cl. The summed E-state index contributed by atoms with van der Waals surface area (Å²) in [5.74, 6) is 0.915. The van der Waals surface area contributed by atoms with E-state index in [-0.39, 0.29) is 12.4 Å². The van der Waals surface area contributed by atoms with Gasteiger partial charge in [0.2, 0.25) is 0 Å². The van der Waals surface area contributed by atoms with Gasteiger partial charge in [-0.2, -0.15) is 0 Å². The van der Waals surface area contributed by atoms with Crippen LogP contribution < -0.4 is 5.73 Å². The van der Waals surface area contributed by atoms with Gasteiger partial charge in [-0.1, -0.05) is 20.3 Å². The summed E-state index contributed by atoms with van der Waals surface area (Å²) in [6.07, 6.45) is 4.06. The minimum Gasteiger partial charge on any atom is -0.330 e. The van der Waals surface area contributed by atoms with Crippen molar-refractivity contribution in [1.82, 2.24) is 0 Å². The normalized spacial score (nSPS) is 39.3. The van der Waals surface area contributed by atoms with Crippen LogP contribution >= 0.6 is 12.4 Å². The fourth-order valence-electron chi connectivity index (χ4n) is 1.83. The van der Waals surface area contributed by atoms with Crippen LogP contribution in [0.25, 0.3) is 0 Å². The van der Waals surface area contributed by atoms with E-state index in [4.69, 9.17) is 5.73 Å². The van der Waals surface area contributed by atoms with Crippen molar-refractivity contribution in [3.8, 4) is 0 Å². The van der Waals surface area contributed by atoms with Crippen LogP contribution in [-0.4, -0.2) is 6.54 Å². The van der Waals surface area contributed by atoms with Gasteiger partial charge in [-0.3, -0.25) is 0 Å². The molecule has 0 heterocycles. The first-order chi connectivity index (χ1) is 4.16. The first kappa shape index (κ1) is 10.2. The monoisotopic (exact) mass is 163 g/mol. The number of halogens is 1. The molecule has 2 heteroatoms. The zero-order valence-corrected chi connectivity index (χ0v) is 7.71. The quantitative estimate of drug-likeness (QED) is 0.630. The van der Waals surface area contributed by atoms with Gasteiger partial charge in [0.15, 0.2) is 0 Å². The van der Waals surface area contributed by atoms with Crippen molar-refractivity contribution in [1.29, 1.82) is 0 Å². The molecule has 1 saturated carbocycles. The standard InChI is InChI=1S/C8H17N.ClH/c1-7-3-4-8(2,5-7)6-9;/h7H,3-6,9H2,1-2H3;1H. The Hall–Kier alpha value is 0.250. The second kappa shape index (κ2) is 3.59. The van der Waals surface area contributed by atoms with E-state index < -0.39 is 0 Å². The third kappa shape index (κ3) is 2.14. The summed E-state index contributed by atoms with van der Waals surface area (Å²) >= 11 is 0. The molecule has 0 aliphatic heterocycles. The Labute approximate surface area is 69.8 Å². The summed E-state index contributed by atoms with van der Waals surface area (Å²) in [5, 5.41) is 0. The van der Waals surface area contributed by atoms with Crippen molar-refractivity contribution in [2.45, 2.75) is 33.1 Å². The third-order valence-electron chi connectivity index (χ3n) is 2.57. The molecular formula is C8H18ClN. The van der Waals surface area contributed by atoms with E-state index in [1.54, 1.807) is 0 Å². The predicted octanol–water partition coefficient (Wildman–Crippen LogP) is 2.19. The van der Waals surface area contributed by atoms with E-state index in [0.29, 0.717) is 5.41 Å². The van der Waals surface area contributed by atoms with Crippen LogP contribution in [0.2, 0.25) is 0 Å². The Morgan fingerprint density at radius 3 is 2.40 bits per heavy atom. The number of hydrogen-bond donors (Lipinski definition) is 1. The molecule has 0 spiro atoms. The summed E-state index contributed by atoms with van der Waals surface area (Å²) in [5.41, 5.74) is 6.12. The van der Waals surface area contributed by atoms with Crippen LogP contribution in [0.15, 0.2) is 0 Å². The second-order valence-electron chi connectivity index (χ2n) is 3.86. The summed E-state index contributed by atoms with van der Waals surface area (Å²) in [6, 6.07) is 0. The first-order valence-electron chi connectivity index (χ1n) is 3.86. The molecule has 62 valence electrons. The maximum atomic E-state index is 5.63. The van der Waals surface area contributed by atoms with Crippen molar-refractivity contribution in [3.63, 3.8) is 0 Å². The lowest BCUT2D eigenvalue weighted by Crippen LogP contribution is -2.23. The lowest BCUT2D eigenvalue weighted by atomic mass is 9.88. The molecule has 0 radical (unpaired) electrons. The van der Waals surface area contributed by atoms with Gasteiger partial charge in [0, 0.05) is 0 Å². The van der Waals surface area contributed by atoms with Crippen LogP contribution in [0.3, 0.4) is 0 Å². The first-order valence-corrected chi connectivity index (χ1v) is 3.86. The summed E-state index contributed by atoms with van der Waals surface area (Å²) in [4.78, 5) is 0. The molecule has 0 saturated heterocycles. The van der Waals surface area contributed by atoms with E-state index in [9.17, 15) is 0 Å². The molecule has 0 aromatic rings.